The minimum absolute atomic E-state index is 0.888. The summed E-state index contributed by atoms with van der Waals surface area (Å²) in [6.07, 6.45) is 0. The number of nitrogens with zero attached hydrogens (tertiary/aromatic N) is 1. The second-order valence-electron chi connectivity index (χ2n) is 11.0. The summed E-state index contributed by atoms with van der Waals surface area (Å²) >= 11 is 1.84. The molecule has 0 unspecified atom stereocenters. The molecule has 0 fully saturated rings. The van der Waals surface area contributed by atoms with Crippen molar-refractivity contribution in [2.24, 2.45) is 0 Å². The average molecular weight is 568 g/mol. The van der Waals surface area contributed by atoms with Crippen LogP contribution in [0.2, 0.25) is 0 Å². The van der Waals surface area contributed by atoms with Gasteiger partial charge in [-0.05, 0) is 76.5 Å². The summed E-state index contributed by atoms with van der Waals surface area (Å²) < 4.78 is 8.92. The topological polar surface area (TPSA) is 16.4 Å². The fraction of sp³-hybridized carbons (Fsp3) is 0. The van der Waals surface area contributed by atoms with E-state index in [4.69, 9.17) is 4.42 Å². The van der Waals surface area contributed by atoms with Crippen LogP contribution in [0.25, 0.3) is 64.0 Å². The van der Waals surface area contributed by atoms with Crippen molar-refractivity contribution in [2.45, 2.75) is 0 Å². The molecule has 0 bridgehead atoms. The summed E-state index contributed by atoms with van der Waals surface area (Å²) in [5, 5.41) is 7.32. The van der Waals surface area contributed by atoms with E-state index in [0.717, 1.165) is 39.0 Å². The van der Waals surface area contributed by atoms with Gasteiger partial charge in [0.25, 0.3) is 0 Å². The third-order valence-corrected chi connectivity index (χ3v) is 9.59. The van der Waals surface area contributed by atoms with Gasteiger partial charge in [0.1, 0.15) is 11.2 Å². The first-order chi connectivity index (χ1) is 21.3. The molecule has 3 heteroatoms. The first-order valence-corrected chi connectivity index (χ1v) is 15.3. The Bertz CT molecular complexity index is 2470. The van der Waals surface area contributed by atoms with Crippen LogP contribution in [0.5, 0.6) is 0 Å². The lowest BCUT2D eigenvalue weighted by Gasteiger charge is -2.26. The van der Waals surface area contributed by atoms with Gasteiger partial charge in [-0.3, -0.25) is 0 Å². The number of para-hydroxylation sites is 1. The van der Waals surface area contributed by atoms with E-state index >= 15 is 0 Å². The number of benzene rings is 7. The molecule has 0 N–H and O–H groups in total. The molecule has 0 spiro atoms. The zero-order valence-corrected chi connectivity index (χ0v) is 24.0. The zero-order valence-electron chi connectivity index (χ0n) is 23.2. The van der Waals surface area contributed by atoms with E-state index in [1.807, 2.05) is 23.5 Å². The summed E-state index contributed by atoms with van der Waals surface area (Å²) in [5.74, 6) is 0. The Morgan fingerprint density at radius 2 is 1.14 bits per heavy atom. The standard InChI is InChI=1S/C40H25NOS/c1-2-9-28-24-29(17-16-26(28)8-1)27-18-20-30(21-19-27)41(31-22-23-33-32-10-3-5-13-36(32)42-37(33)25-31)35-12-7-15-39-40(35)34-11-4-6-14-38(34)43-39/h1-25H. The Kier molecular flexibility index (Phi) is 5.40. The van der Waals surface area contributed by atoms with E-state index in [1.54, 1.807) is 0 Å². The van der Waals surface area contributed by atoms with E-state index in [1.165, 1.54) is 42.1 Å². The van der Waals surface area contributed by atoms with Crippen molar-refractivity contribution in [3.8, 4) is 11.1 Å². The Hall–Kier alpha value is -5.38. The molecule has 0 radical (unpaired) electrons. The third kappa shape index (κ3) is 3.93. The number of thiophene rings is 1. The van der Waals surface area contributed by atoms with Crippen LogP contribution in [0.1, 0.15) is 0 Å². The summed E-state index contributed by atoms with van der Waals surface area (Å²) in [7, 11) is 0. The van der Waals surface area contributed by atoms with Crippen molar-refractivity contribution in [1.82, 2.24) is 0 Å². The van der Waals surface area contributed by atoms with Crippen LogP contribution in [-0.4, -0.2) is 0 Å². The normalized spacial score (nSPS) is 11.7. The molecule has 43 heavy (non-hydrogen) atoms. The van der Waals surface area contributed by atoms with E-state index in [0.29, 0.717) is 0 Å². The van der Waals surface area contributed by atoms with Gasteiger partial charge in [-0.15, -0.1) is 11.3 Å². The summed E-state index contributed by atoms with van der Waals surface area (Å²) in [4.78, 5) is 2.37. The number of hydrogen-bond donors (Lipinski definition) is 0. The van der Waals surface area contributed by atoms with Crippen LogP contribution in [-0.2, 0) is 0 Å². The molecule has 0 aliphatic heterocycles. The Morgan fingerprint density at radius 1 is 0.442 bits per heavy atom. The van der Waals surface area contributed by atoms with Crippen LogP contribution in [0.3, 0.4) is 0 Å². The SMILES string of the molecule is c1ccc2cc(-c3ccc(N(c4ccc5c(c4)oc4ccccc45)c4cccc5sc6ccccc6c45)cc3)ccc2c1. The van der Waals surface area contributed by atoms with Crippen LogP contribution in [0.15, 0.2) is 156 Å². The second-order valence-corrected chi connectivity index (χ2v) is 12.1. The minimum atomic E-state index is 0.888. The number of furan rings is 1. The van der Waals surface area contributed by atoms with E-state index < -0.39 is 0 Å². The first kappa shape index (κ1) is 24.2. The lowest BCUT2D eigenvalue weighted by Crippen LogP contribution is -2.10. The highest BCUT2D eigenvalue weighted by Crippen LogP contribution is 2.46. The van der Waals surface area contributed by atoms with Gasteiger partial charge in [-0.1, -0.05) is 91.0 Å². The zero-order chi connectivity index (χ0) is 28.3. The molecule has 2 aromatic heterocycles. The molecule has 9 aromatic rings. The quantitative estimate of drug-likeness (QED) is 0.210. The van der Waals surface area contributed by atoms with Crippen LogP contribution in [0, 0.1) is 0 Å². The lowest BCUT2D eigenvalue weighted by atomic mass is 10.0. The van der Waals surface area contributed by atoms with Crippen molar-refractivity contribution >= 4 is 81.3 Å². The summed E-state index contributed by atoms with van der Waals surface area (Å²) in [6, 6.07) is 54.3. The maximum Gasteiger partial charge on any atom is 0.137 e. The molecule has 2 nitrogen and oxygen atoms in total. The van der Waals surface area contributed by atoms with Gasteiger partial charge in [0.15, 0.2) is 0 Å². The third-order valence-electron chi connectivity index (χ3n) is 8.45. The monoisotopic (exact) mass is 567 g/mol. The summed E-state index contributed by atoms with van der Waals surface area (Å²) in [5.41, 5.74) is 7.53. The highest BCUT2D eigenvalue weighted by atomic mass is 32.1. The molecular weight excluding hydrogens is 543 g/mol. The number of hydrogen-bond acceptors (Lipinski definition) is 3. The van der Waals surface area contributed by atoms with Crippen molar-refractivity contribution in [1.29, 1.82) is 0 Å². The second kappa shape index (κ2) is 9.59. The summed E-state index contributed by atoms with van der Waals surface area (Å²) in [6.45, 7) is 0. The predicted octanol–water partition coefficient (Wildman–Crippen LogP) is 12.2. The molecule has 0 atom stereocenters. The van der Waals surface area contributed by atoms with Gasteiger partial charge in [0.05, 0.1) is 5.69 Å². The van der Waals surface area contributed by atoms with Crippen molar-refractivity contribution in [3.63, 3.8) is 0 Å². The van der Waals surface area contributed by atoms with Gasteiger partial charge < -0.3 is 9.32 Å². The van der Waals surface area contributed by atoms with Gasteiger partial charge in [-0.25, -0.2) is 0 Å². The first-order valence-electron chi connectivity index (χ1n) is 14.5. The highest BCUT2D eigenvalue weighted by Gasteiger charge is 2.20. The molecule has 0 saturated carbocycles. The Labute approximate surface area is 252 Å². The van der Waals surface area contributed by atoms with Crippen molar-refractivity contribution in [2.75, 3.05) is 4.90 Å². The number of rotatable bonds is 4. The van der Waals surface area contributed by atoms with Crippen LogP contribution in [0.4, 0.5) is 17.1 Å². The fourth-order valence-corrected chi connectivity index (χ4v) is 7.52. The highest BCUT2D eigenvalue weighted by molar-refractivity contribution is 7.26. The van der Waals surface area contributed by atoms with Gasteiger partial charge in [0.2, 0.25) is 0 Å². The smallest absolute Gasteiger partial charge is 0.137 e. The van der Waals surface area contributed by atoms with Gasteiger partial charge in [-0.2, -0.15) is 0 Å². The largest absolute Gasteiger partial charge is 0.456 e. The molecule has 7 aromatic carbocycles. The molecule has 0 saturated heterocycles. The maximum atomic E-state index is 6.35. The van der Waals surface area contributed by atoms with E-state index in [9.17, 15) is 0 Å². The average Bonchev–Trinajstić information content (AvgIpc) is 3.63. The van der Waals surface area contributed by atoms with Gasteiger partial charge in [0, 0.05) is 48.4 Å². The van der Waals surface area contributed by atoms with Gasteiger partial charge >= 0.3 is 0 Å². The Morgan fingerprint density at radius 3 is 2.05 bits per heavy atom. The predicted molar refractivity (Wildman–Crippen MR) is 184 cm³/mol. The maximum absolute atomic E-state index is 6.35. The minimum Gasteiger partial charge on any atom is -0.456 e. The molecule has 0 amide bonds. The van der Waals surface area contributed by atoms with E-state index in [-0.39, 0.29) is 0 Å². The van der Waals surface area contributed by atoms with Crippen LogP contribution >= 0.6 is 11.3 Å². The van der Waals surface area contributed by atoms with E-state index in [2.05, 4.69) is 144 Å². The molecule has 2 heterocycles. The fourth-order valence-electron chi connectivity index (χ4n) is 6.40. The van der Waals surface area contributed by atoms with Crippen molar-refractivity contribution < 1.29 is 4.42 Å². The molecule has 0 aliphatic rings. The lowest BCUT2D eigenvalue weighted by molar-refractivity contribution is 0.669. The number of anilines is 3. The molecular formula is C40H25NOS. The molecule has 0 aliphatic carbocycles. The molecule has 9 rings (SSSR count). The molecule has 202 valence electrons. The van der Waals surface area contributed by atoms with Crippen LogP contribution < -0.4 is 4.90 Å². The number of fused-ring (bicyclic) bond motifs is 7. The Balaban J connectivity index is 1.24. The van der Waals surface area contributed by atoms with Crippen molar-refractivity contribution in [3.05, 3.63) is 152 Å².